The number of hydrogen-bond acceptors (Lipinski definition) is 7. The molecular weight excluding hydrogens is 527 g/mol. The van der Waals surface area contributed by atoms with E-state index in [1.165, 1.54) is 23.1 Å². The molecule has 9 heteroatoms. The first-order chi connectivity index (χ1) is 19.2. The summed E-state index contributed by atoms with van der Waals surface area (Å²) >= 11 is 1.57. The number of Topliss-reactive ketones (excluding diaryl/α,β-unsaturated/α-hetero) is 1. The van der Waals surface area contributed by atoms with Gasteiger partial charge in [0.1, 0.15) is 17.3 Å². The molecule has 3 aromatic rings. The van der Waals surface area contributed by atoms with Crippen molar-refractivity contribution in [1.82, 2.24) is 0 Å². The molecule has 0 radical (unpaired) electrons. The van der Waals surface area contributed by atoms with Crippen LogP contribution in [0, 0.1) is 41.1 Å². The van der Waals surface area contributed by atoms with E-state index in [1.54, 1.807) is 42.1 Å². The lowest BCUT2D eigenvalue weighted by atomic mass is 9.74. The van der Waals surface area contributed by atoms with Crippen LogP contribution >= 0.6 is 11.8 Å². The van der Waals surface area contributed by atoms with E-state index in [4.69, 9.17) is 5.73 Å². The summed E-state index contributed by atoms with van der Waals surface area (Å²) < 4.78 is 13.4. The second-order valence-electron chi connectivity index (χ2n) is 9.94. The summed E-state index contributed by atoms with van der Waals surface area (Å²) in [6.45, 7) is 3.96. The number of halogens is 1. The molecule has 7 nitrogen and oxygen atoms in total. The molecule has 0 fully saturated rings. The molecule has 1 heterocycles. The topological polar surface area (TPSA) is 113 Å². The van der Waals surface area contributed by atoms with Gasteiger partial charge in [-0.3, -0.25) is 19.8 Å². The number of carbonyl (C=O) groups is 1. The number of benzene rings is 3. The molecule has 5 rings (SSSR count). The fourth-order valence-electron chi connectivity index (χ4n) is 5.55. The molecule has 40 heavy (non-hydrogen) atoms. The van der Waals surface area contributed by atoms with Crippen molar-refractivity contribution >= 4 is 28.9 Å². The number of thioether (sulfide) groups is 1. The number of nitro groups is 1. The number of carbonyl (C=O) groups excluding carboxylic acids is 1. The number of rotatable bonds is 6. The number of hydrogen-bond donors (Lipinski definition) is 1. The van der Waals surface area contributed by atoms with Crippen LogP contribution in [0.2, 0.25) is 0 Å². The van der Waals surface area contributed by atoms with Crippen LogP contribution in [0.1, 0.15) is 47.4 Å². The Morgan fingerprint density at radius 2 is 1.85 bits per heavy atom. The number of para-hydroxylation sites is 2. The van der Waals surface area contributed by atoms with Crippen LogP contribution in [0.3, 0.4) is 0 Å². The summed E-state index contributed by atoms with van der Waals surface area (Å²) in [5.74, 6) is -0.350. The monoisotopic (exact) mass is 554 g/mol. The fourth-order valence-corrected chi connectivity index (χ4v) is 6.52. The van der Waals surface area contributed by atoms with Crippen LogP contribution in [-0.2, 0) is 10.5 Å². The molecule has 1 aliphatic heterocycles. The number of nitriles is 1. The predicted octanol–water partition coefficient (Wildman–Crippen LogP) is 6.95. The lowest BCUT2D eigenvalue weighted by molar-refractivity contribution is -0.384. The lowest BCUT2D eigenvalue weighted by Gasteiger charge is -2.39. The molecule has 0 saturated carbocycles. The molecule has 0 amide bonds. The summed E-state index contributed by atoms with van der Waals surface area (Å²) in [4.78, 5) is 27.4. The van der Waals surface area contributed by atoms with Crippen molar-refractivity contribution < 1.29 is 14.1 Å². The Balaban J connectivity index is 1.65. The van der Waals surface area contributed by atoms with Crippen molar-refractivity contribution in [1.29, 1.82) is 5.26 Å². The van der Waals surface area contributed by atoms with Gasteiger partial charge in [0.05, 0.1) is 22.5 Å². The average molecular weight is 555 g/mol. The Labute approximate surface area is 235 Å². The van der Waals surface area contributed by atoms with E-state index in [0.29, 0.717) is 36.3 Å². The molecule has 1 aliphatic carbocycles. The van der Waals surface area contributed by atoms with Crippen LogP contribution in [-0.4, -0.2) is 10.7 Å². The van der Waals surface area contributed by atoms with Gasteiger partial charge in [0.2, 0.25) is 0 Å². The Hall–Kier alpha value is -4.42. The standard InChI is InChI=1S/C31H27FN4O3S/c1-18-14-19(2)23(15-20(18)17-40-22-12-10-21(32)11-13-22)29-24(16-33)31(34)35(27-8-5-9-28(37)30(27)29)25-6-3-4-7-26(25)36(38)39/h3-4,6-7,10-15,29H,5,8-9,17,34H2,1-2H3. The van der Waals surface area contributed by atoms with Crippen LogP contribution in [0.5, 0.6) is 0 Å². The third-order valence-corrected chi connectivity index (χ3v) is 8.54. The highest BCUT2D eigenvalue weighted by Gasteiger charge is 2.42. The van der Waals surface area contributed by atoms with Gasteiger partial charge >= 0.3 is 0 Å². The number of nitro benzene ring substituents is 1. The highest BCUT2D eigenvalue weighted by Crippen LogP contribution is 2.48. The smallest absolute Gasteiger partial charge is 0.293 e. The van der Waals surface area contributed by atoms with Crippen molar-refractivity contribution in [3.05, 3.63) is 122 Å². The van der Waals surface area contributed by atoms with Gasteiger partial charge < -0.3 is 5.73 Å². The molecule has 2 aliphatic rings. The van der Waals surface area contributed by atoms with Crippen LogP contribution < -0.4 is 10.6 Å². The van der Waals surface area contributed by atoms with E-state index >= 15 is 0 Å². The molecular formula is C31H27FN4O3S. The molecule has 0 saturated heterocycles. The first kappa shape index (κ1) is 27.2. The third kappa shape index (κ3) is 4.87. The van der Waals surface area contributed by atoms with Gasteiger partial charge in [-0.05, 0) is 79.3 Å². The summed E-state index contributed by atoms with van der Waals surface area (Å²) in [6.07, 6.45) is 1.42. The van der Waals surface area contributed by atoms with Gasteiger partial charge in [0, 0.05) is 34.4 Å². The molecule has 2 N–H and O–H groups in total. The van der Waals surface area contributed by atoms with E-state index < -0.39 is 10.8 Å². The zero-order valence-corrected chi connectivity index (χ0v) is 22.9. The molecule has 202 valence electrons. The minimum atomic E-state index is -0.679. The Bertz CT molecular complexity index is 1640. The maximum absolute atomic E-state index is 13.6. The van der Waals surface area contributed by atoms with Crippen LogP contribution in [0.15, 0.2) is 88.2 Å². The van der Waals surface area contributed by atoms with E-state index in [-0.39, 0.29) is 34.4 Å². The van der Waals surface area contributed by atoms with E-state index in [0.717, 1.165) is 27.1 Å². The van der Waals surface area contributed by atoms with E-state index in [9.17, 15) is 24.6 Å². The highest BCUT2D eigenvalue weighted by molar-refractivity contribution is 7.98. The van der Waals surface area contributed by atoms with Gasteiger partial charge in [-0.25, -0.2) is 4.39 Å². The van der Waals surface area contributed by atoms with Crippen molar-refractivity contribution in [3.8, 4) is 6.07 Å². The SMILES string of the molecule is Cc1cc(C)c(C2C(C#N)=C(N)N(c3ccccc3[N+](=O)[O-])C3=C2C(=O)CCC3)cc1CSc1ccc(F)cc1. The van der Waals surface area contributed by atoms with Gasteiger partial charge in [-0.2, -0.15) is 5.26 Å². The van der Waals surface area contributed by atoms with Crippen LogP contribution in [0.4, 0.5) is 15.8 Å². The minimum absolute atomic E-state index is 0.0858. The molecule has 1 unspecified atom stereocenters. The Kier molecular flexibility index (Phi) is 7.46. The molecule has 0 aromatic heterocycles. The molecule has 0 spiro atoms. The maximum Gasteiger partial charge on any atom is 0.293 e. The first-order valence-electron chi connectivity index (χ1n) is 12.9. The summed E-state index contributed by atoms with van der Waals surface area (Å²) in [6, 6.07) is 18.9. The van der Waals surface area contributed by atoms with E-state index in [2.05, 4.69) is 6.07 Å². The minimum Gasteiger partial charge on any atom is -0.384 e. The van der Waals surface area contributed by atoms with Crippen molar-refractivity contribution in [2.24, 2.45) is 5.73 Å². The Morgan fingerprint density at radius 1 is 1.12 bits per heavy atom. The normalized spacial score (nSPS) is 17.1. The zero-order valence-electron chi connectivity index (χ0n) is 22.1. The largest absolute Gasteiger partial charge is 0.384 e. The van der Waals surface area contributed by atoms with Gasteiger partial charge in [-0.15, -0.1) is 11.8 Å². The molecule has 3 aromatic carbocycles. The number of nitrogens with two attached hydrogens (primary N) is 1. The van der Waals surface area contributed by atoms with E-state index in [1.807, 2.05) is 26.0 Å². The number of aryl methyl sites for hydroxylation is 2. The quantitative estimate of drug-likeness (QED) is 0.199. The highest BCUT2D eigenvalue weighted by atomic mass is 32.2. The summed E-state index contributed by atoms with van der Waals surface area (Å²) in [5, 5.41) is 22.3. The molecule has 0 bridgehead atoms. The zero-order chi connectivity index (χ0) is 28.6. The van der Waals surface area contributed by atoms with Crippen molar-refractivity contribution in [3.63, 3.8) is 0 Å². The second-order valence-corrected chi connectivity index (χ2v) is 11.0. The average Bonchev–Trinajstić information content (AvgIpc) is 2.93. The first-order valence-corrected chi connectivity index (χ1v) is 13.9. The van der Waals surface area contributed by atoms with Gasteiger partial charge in [0.15, 0.2) is 5.78 Å². The van der Waals surface area contributed by atoms with Gasteiger partial charge in [0.25, 0.3) is 5.69 Å². The number of anilines is 1. The van der Waals surface area contributed by atoms with Crippen molar-refractivity contribution in [2.45, 2.75) is 49.7 Å². The summed E-state index contributed by atoms with van der Waals surface area (Å²) in [7, 11) is 0. The number of allylic oxidation sites excluding steroid dienone is 3. The number of nitrogens with zero attached hydrogens (tertiary/aromatic N) is 3. The van der Waals surface area contributed by atoms with Gasteiger partial charge in [-0.1, -0.05) is 24.3 Å². The summed E-state index contributed by atoms with van der Waals surface area (Å²) in [5.41, 5.74) is 11.8. The maximum atomic E-state index is 13.6. The predicted molar refractivity (Wildman–Crippen MR) is 153 cm³/mol. The van der Waals surface area contributed by atoms with Crippen molar-refractivity contribution in [2.75, 3.05) is 4.90 Å². The molecule has 1 atom stereocenters. The fraction of sp³-hybridized carbons (Fsp3) is 0.226. The van der Waals surface area contributed by atoms with Crippen LogP contribution in [0.25, 0.3) is 0 Å². The Morgan fingerprint density at radius 3 is 2.55 bits per heavy atom. The third-order valence-electron chi connectivity index (χ3n) is 7.48. The lowest BCUT2D eigenvalue weighted by Crippen LogP contribution is -2.39. The number of ketones is 1. The second kappa shape index (κ2) is 11.0.